The van der Waals surface area contributed by atoms with Crippen LogP contribution >= 0.6 is 12.6 Å². The Hall–Kier alpha value is -0.270. The van der Waals surface area contributed by atoms with Gasteiger partial charge in [-0.15, -0.1) is 0 Å². The van der Waals surface area contributed by atoms with Crippen LogP contribution in [0.4, 0.5) is 0 Å². The Balaban J connectivity index is 3.10. The van der Waals surface area contributed by atoms with E-state index in [1.165, 1.54) is 25.7 Å². The average Bonchev–Trinajstić information content (AvgIpc) is 2.59. The van der Waals surface area contributed by atoms with Gasteiger partial charge in [-0.3, -0.25) is 0 Å². The lowest BCUT2D eigenvalue weighted by molar-refractivity contribution is 0.0000559. The molecule has 0 spiro atoms. The van der Waals surface area contributed by atoms with Crippen LogP contribution in [-0.2, 0) is 18.9 Å². The van der Waals surface area contributed by atoms with Gasteiger partial charge in [0.15, 0.2) is 0 Å². The van der Waals surface area contributed by atoms with Gasteiger partial charge in [0.25, 0.3) is 0 Å². The molecule has 0 saturated carbocycles. The SMILES string of the molecule is C=C(CCOCCOCCOCCOCCS)NCCCCCC. The Kier molecular flexibility index (Phi) is 20.5. The average molecular weight is 364 g/mol. The Bertz CT molecular complexity index is 267. The molecule has 0 aliphatic rings. The highest BCUT2D eigenvalue weighted by atomic mass is 32.1. The van der Waals surface area contributed by atoms with Crippen molar-refractivity contribution in [2.45, 2.75) is 39.0 Å². The molecule has 0 aromatic carbocycles. The van der Waals surface area contributed by atoms with Gasteiger partial charge in [0.2, 0.25) is 0 Å². The number of hydrogen-bond acceptors (Lipinski definition) is 6. The van der Waals surface area contributed by atoms with Crippen molar-refractivity contribution in [3.8, 4) is 0 Å². The fourth-order valence-electron chi connectivity index (χ4n) is 1.93. The van der Waals surface area contributed by atoms with E-state index in [0.717, 1.165) is 24.4 Å². The first-order valence-electron chi connectivity index (χ1n) is 9.14. The fraction of sp³-hybridized carbons (Fsp3) is 0.889. The van der Waals surface area contributed by atoms with E-state index in [1.807, 2.05) is 0 Å². The maximum Gasteiger partial charge on any atom is 0.0701 e. The summed E-state index contributed by atoms with van der Waals surface area (Å²) in [6.07, 6.45) is 5.94. The van der Waals surface area contributed by atoms with Crippen LogP contribution in [0.3, 0.4) is 0 Å². The Labute approximate surface area is 153 Å². The van der Waals surface area contributed by atoms with Gasteiger partial charge >= 0.3 is 0 Å². The Morgan fingerprint density at radius 3 is 1.88 bits per heavy atom. The van der Waals surface area contributed by atoms with Crippen molar-refractivity contribution in [1.82, 2.24) is 5.32 Å². The smallest absolute Gasteiger partial charge is 0.0701 e. The molecule has 0 fully saturated rings. The fourth-order valence-corrected chi connectivity index (χ4v) is 2.06. The van der Waals surface area contributed by atoms with Crippen LogP contribution < -0.4 is 5.32 Å². The molecule has 0 saturated heterocycles. The summed E-state index contributed by atoms with van der Waals surface area (Å²) < 4.78 is 21.6. The highest BCUT2D eigenvalue weighted by molar-refractivity contribution is 7.80. The summed E-state index contributed by atoms with van der Waals surface area (Å²) in [5, 5.41) is 3.35. The predicted octanol–water partition coefficient (Wildman–Crippen LogP) is 3.06. The maximum atomic E-state index is 5.53. The van der Waals surface area contributed by atoms with Crippen LogP contribution in [0.15, 0.2) is 12.3 Å². The highest BCUT2D eigenvalue weighted by Crippen LogP contribution is 1.99. The maximum absolute atomic E-state index is 5.53. The minimum Gasteiger partial charge on any atom is -0.389 e. The molecule has 0 heterocycles. The van der Waals surface area contributed by atoms with Crippen LogP contribution in [0.5, 0.6) is 0 Å². The lowest BCUT2D eigenvalue weighted by atomic mass is 10.2. The van der Waals surface area contributed by atoms with Crippen molar-refractivity contribution in [1.29, 1.82) is 0 Å². The molecule has 0 radical (unpaired) electrons. The molecule has 0 aliphatic heterocycles. The van der Waals surface area contributed by atoms with Crippen LogP contribution in [0.2, 0.25) is 0 Å². The molecule has 24 heavy (non-hydrogen) atoms. The molecular weight excluding hydrogens is 326 g/mol. The summed E-state index contributed by atoms with van der Waals surface area (Å²) in [6, 6.07) is 0. The van der Waals surface area contributed by atoms with Gasteiger partial charge in [-0.1, -0.05) is 32.8 Å². The van der Waals surface area contributed by atoms with E-state index in [2.05, 4.69) is 31.4 Å². The molecule has 0 aliphatic carbocycles. The summed E-state index contributed by atoms with van der Waals surface area (Å²) in [6.45, 7) is 12.2. The van der Waals surface area contributed by atoms with E-state index in [0.29, 0.717) is 52.9 Å². The normalized spacial score (nSPS) is 10.9. The molecule has 0 amide bonds. The van der Waals surface area contributed by atoms with Crippen molar-refractivity contribution in [3.05, 3.63) is 12.3 Å². The summed E-state index contributed by atoms with van der Waals surface area (Å²) >= 11 is 4.06. The quantitative estimate of drug-likeness (QED) is 0.257. The zero-order chi connectivity index (χ0) is 17.7. The first kappa shape index (κ1) is 23.7. The van der Waals surface area contributed by atoms with E-state index < -0.39 is 0 Å². The molecule has 144 valence electrons. The number of nitrogens with one attached hydrogen (secondary N) is 1. The van der Waals surface area contributed by atoms with Crippen molar-refractivity contribution >= 4 is 12.6 Å². The minimum absolute atomic E-state index is 0.585. The molecule has 6 heteroatoms. The summed E-state index contributed by atoms with van der Waals surface area (Å²) in [7, 11) is 0. The minimum atomic E-state index is 0.585. The van der Waals surface area contributed by atoms with Crippen LogP contribution in [0, 0.1) is 0 Å². The lowest BCUT2D eigenvalue weighted by Gasteiger charge is -2.10. The summed E-state index contributed by atoms with van der Waals surface area (Å²) in [4.78, 5) is 0. The molecule has 1 N–H and O–H groups in total. The van der Waals surface area contributed by atoms with Crippen molar-refractivity contribution in [2.75, 3.05) is 65.2 Å². The largest absolute Gasteiger partial charge is 0.389 e. The van der Waals surface area contributed by atoms with Crippen molar-refractivity contribution in [2.24, 2.45) is 0 Å². The lowest BCUT2D eigenvalue weighted by Crippen LogP contribution is -2.16. The second-order valence-electron chi connectivity index (χ2n) is 5.51. The van der Waals surface area contributed by atoms with E-state index >= 15 is 0 Å². The third-order valence-electron chi connectivity index (χ3n) is 3.31. The van der Waals surface area contributed by atoms with Gasteiger partial charge < -0.3 is 24.3 Å². The van der Waals surface area contributed by atoms with Gasteiger partial charge in [-0.2, -0.15) is 12.6 Å². The zero-order valence-electron chi connectivity index (χ0n) is 15.4. The highest BCUT2D eigenvalue weighted by Gasteiger charge is 1.96. The third kappa shape index (κ3) is 19.8. The number of thiol groups is 1. The van der Waals surface area contributed by atoms with Crippen molar-refractivity contribution < 1.29 is 18.9 Å². The van der Waals surface area contributed by atoms with Gasteiger partial charge in [0.05, 0.1) is 52.9 Å². The second kappa shape index (κ2) is 20.8. The molecule has 0 unspecified atom stereocenters. The number of hydrogen-bond donors (Lipinski definition) is 2. The molecule has 0 atom stereocenters. The summed E-state index contributed by atoms with van der Waals surface area (Å²) in [5.74, 6) is 0.742. The Morgan fingerprint density at radius 1 is 0.792 bits per heavy atom. The topological polar surface area (TPSA) is 49.0 Å². The van der Waals surface area contributed by atoms with Gasteiger partial charge in [0.1, 0.15) is 0 Å². The molecule has 5 nitrogen and oxygen atoms in total. The number of ether oxygens (including phenoxy) is 4. The van der Waals surface area contributed by atoms with E-state index in [-0.39, 0.29) is 0 Å². The van der Waals surface area contributed by atoms with Crippen molar-refractivity contribution in [3.63, 3.8) is 0 Å². The molecule has 0 bridgehead atoms. The molecule has 0 aromatic heterocycles. The zero-order valence-corrected chi connectivity index (χ0v) is 16.3. The van der Waals surface area contributed by atoms with Gasteiger partial charge in [-0.05, 0) is 6.42 Å². The van der Waals surface area contributed by atoms with Gasteiger partial charge in [-0.25, -0.2) is 0 Å². The second-order valence-corrected chi connectivity index (χ2v) is 5.96. The van der Waals surface area contributed by atoms with Gasteiger partial charge in [0, 0.05) is 24.4 Å². The molecule has 0 rings (SSSR count). The van der Waals surface area contributed by atoms with E-state index in [4.69, 9.17) is 18.9 Å². The van der Waals surface area contributed by atoms with E-state index in [1.54, 1.807) is 0 Å². The number of rotatable bonds is 20. The molecule has 0 aromatic rings. The summed E-state index contributed by atoms with van der Waals surface area (Å²) in [5.41, 5.74) is 1.06. The third-order valence-corrected chi connectivity index (χ3v) is 3.49. The Morgan fingerprint density at radius 2 is 1.33 bits per heavy atom. The standard InChI is InChI=1S/C18H37NO4S/c1-3-4-5-6-8-19-18(2)7-9-20-10-11-21-12-13-22-14-15-23-16-17-24/h19,24H,2-17H2,1H3. The van der Waals surface area contributed by atoms with E-state index in [9.17, 15) is 0 Å². The first-order valence-corrected chi connectivity index (χ1v) is 9.78. The monoisotopic (exact) mass is 363 g/mol. The number of unbranched alkanes of at least 4 members (excludes halogenated alkanes) is 3. The van der Waals surface area contributed by atoms with Crippen LogP contribution in [-0.4, -0.2) is 65.2 Å². The van der Waals surface area contributed by atoms with Crippen LogP contribution in [0.1, 0.15) is 39.0 Å². The van der Waals surface area contributed by atoms with Crippen LogP contribution in [0.25, 0.3) is 0 Å². The molecular formula is C18H37NO4S. The predicted molar refractivity (Wildman–Crippen MR) is 103 cm³/mol. The first-order chi connectivity index (χ1) is 11.8.